The van der Waals surface area contributed by atoms with E-state index < -0.39 is 0 Å². The SMILES string of the molecule is Clc1ccc(OCc2ccccn2)c(-c2ccc3c(c2)C2(c4ccc(OCc5ccccn5)c(-c5ccc6c(c5)CNCC6)c4)CCC(C3)N2)c1. The molecule has 9 rings (SSSR count). The molecular weight excluding hydrogens is 652 g/mol. The summed E-state index contributed by atoms with van der Waals surface area (Å²) in [5.74, 6) is 1.64. The van der Waals surface area contributed by atoms with Gasteiger partial charge in [0.15, 0.2) is 0 Å². The van der Waals surface area contributed by atoms with Crippen molar-refractivity contribution in [3.05, 3.63) is 166 Å². The Morgan fingerprint density at radius 1 is 0.706 bits per heavy atom. The number of ether oxygens (including phenoxy) is 2. The number of rotatable bonds is 9. The molecule has 6 nitrogen and oxygen atoms in total. The lowest BCUT2D eigenvalue weighted by molar-refractivity contribution is 0.302. The fourth-order valence-electron chi connectivity index (χ4n) is 8.14. The van der Waals surface area contributed by atoms with E-state index in [4.69, 9.17) is 21.1 Å². The van der Waals surface area contributed by atoms with Gasteiger partial charge in [0.1, 0.15) is 24.7 Å². The summed E-state index contributed by atoms with van der Waals surface area (Å²) in [6.45, 7) is 2.68. The van der Waals surface area contributed by atoms with Crippen LogP contribution in [0.15, 0.2) is 122 Å². The van der Waals surface area contributed by atoms with Gasteiger partial charge in [-0.2, -0.15) is 0 Å². The van der Waals surface area contributed by atoms with Crippen molar-refractivity contribution in [1.82, 2.24) is 20.6 Å². The fourth-order valence-corrected chi connectivity index (χ4v) is 8.31. The third kappa shape index (κ3) is 6.29. The molecule has 0 aliphatic carbocycles. The summed E-state index contributed by atoms with van der Waals surface area (Å²) in [5.41, 5.74) is 12.5. The molecule has 1 fully saturated rings. The number of nitrogens with one attached hydrogen (secondary N) is 2. The zero-order chi connectivity index (χ0) is 34.2. The molecule has 51 heavy (non-hydrogen) atoms. The minimum Gasteiger partial charge on any atom is -0.487 e. The molecule has 0 radical (unpaired) electrons. The second-order valence-electron chi connectivity index (χ2n) is 13.8. The van der Waals surface area contributed by atoms with Crippen molar-refractivity contribution in [1.29, 1.82) is 0 Å². The highest BCUT2D eigenvalue weighted by atomic mass is 35.5. The Morgan fingerprint density at radius 2 is 1.41 bits per heavy atom. The molecule has 1 saturated heterocycles. The molecule has 0 amide bonds. The van der Waals surface area contributed by atoms with Crippen molar-refractivity contribution >= 4 is 11.6 Å². The second kappa shape index (κ2) is 13.6. The van der Waals surface area contributed by atoms with Gasteiger partial charge in [0.05, 0.1) is 16.9 Å². The van der Waals surface area contributed by atoms with Crippen LogP contribution in [0.2, 0.25) is 5.02 Å². The minimum absolute atomic E-state index is 0.341. The van der Waals surface area contributed by atoms with Crippen molar-refractivity contribution in [2.45, 2.75) is 57.0 Å². The highest BCUT2D eigenvalue weighted by Crippen LogP contribution is 2.49. The van der Waals surface area contributed by atoms with Crippen LogP contribution in [0.3, 0.4) is 0 Å². The van der Waals surface area contributed by atoms with E-state index in [1.54, 1.807) is 6.20 Å². The molecule has 0 spiro atoms. The van der Waals surface area contributed by atoms with Gasteiger partial charge in [-0.15, -0.1) is 0 Å². The van der Waals surface area contributed by atoms with Gasteiger partial charge in [-0.3, -0.25) is 9.97 Å². The predicted octanol–water partition coefficient (Wildman–Crippen LogP) is 8.82. The van der Waals surface area contributed by atoms with Crippen molar-refractivity contribution in [2.24, 2.45) is 0 Å². The molecule has 2 atom stereocenters. The van der Waals surface area contributed by atoms with Gasteiger partial charge in [0.2, 0.25) is 0 Å². The van der Waals surface area contributed by atoms with E-state index >= 15 is 0 Å². The van der Waals surface area contributed by atoms with E-state index in [1.807, 2.05) is 60.8 Å². The molecule has 2 bridgehead atoms. The molecule has 5 heterocycles. The van der Waals surface area contributed by atoms with Gasteiger partial charge in [0.25, 0.3) is 0 Å². The first-order valence-electron chi connectivity index (χ1n) is 17.9. The maximum Gasteiger partial charge on any atom is 0.130 e. The largest absolute Gasteiger partial charge is 0.487 e. The average molecular weight is 691 g/mol. The van der Waals surface area contributed by atoms with Crippen molar-refractivity contribution < 1.29 is 9.47 Å². The van der Waals surface area contributed by atoms with E-state index in [9.17, 15) is 0 Å². The van der Waals surface area contributed by atoms with Gasteiger partial charge >= 0.3 is 0 Å². The molecule has 2 unspecified atom stereocenters. The molecule has 0 saturated carbocycles. The number of halogens is 1. The number of aromatic nitrogens is 2. The number of hydrogen-bond acceptors (Lipinski definition) is 6. The van der Waals surface area contributed by atoms with Gasteiger partial charge in [-0.1, -0.05) is 54.1 Å². The predicted molar refractivity (Wildman–Crippen MR) is 202 cm³/mol. The van der Waals surface area contributed by atoms with Gasteiger partial charge < -0.3 is 20.1 Å². The van der Waals surface area contributed by atoms with E-state index in [-0.39, 0.29) is 5.54 Å². The zero-order valence-electron chi connectivity index (χ0n) is 28.4. The first-order chi connectivity index (χ1) is 25.1. The van der Waals surface area contributed by atoms with Gasteiger partial charge in [-0.05, 0) is 138 Å². The van der Waals surface area contributed by atoms with Crippen molar-refractivity contribution in [2.75, 3.05) is 6.54 Å². The first kappa shape index (κ1) is 31.9. The highest BCUT2D eigenvalue weighted by Gasteiger charge is 2.46. The molecule has 6 aromatic rings. The summed E-state index contributed by atoms with van der Waals surface area (Å²) in [6.07, 6.45) is 7.78. The van der Waals surface area contributed by atoms with Crippen LogP contribution >= 0.6 is 11.6 Å². The summed E-state index contributed by atoms with van der Waals surface area (Å²) in [5, 5.41) is 8.33. The Morgan fingerprint density at radius 3 is 2.16 bits per heavy atom. The summed E-state index contributed by atoms with van der Waals surface area (Å²) in [4.78, 5) is 8.96. The van der Waals surface area contributed by atoms with E-state index in [1.165, 1.54) is 33.4 Å². The minimum atomic E-state index is -0.341. The maximum atomic E-state index is 6.61. The van der Waals surface area contributed by atoms with E-state index in [0.29, 0.717) is 24.3 Å². The Balaban J connectivity index is 1.12. The van der Waals surface area contributed by atoms with Gasteiger partial charge in [-0.25, -0.2) is 0 Å². The number of hydrogen-bond donors (Lipinski definition) is 2. The van der Waals surface area contributed by atoms with Crippen LogP contribution in [-0.2, 0) is 38.1 Å². The van der Waals surface area contributed by atoms with Crippen LogP contribution in [0, 0.1) is 0 Å². The normalized spacial score (nSPS) is 18.9. The summed E-state index contributed by atoms with van der Waals surface area (Å²) in [6, 6.07) is 38.7. The Bertz CT molecular complexity index is 2210. The molecule has 2 N–H and O–H groups in total. The Labute approximate surface area is 303 Å². The Kier molecular flexibility index (Phi) is 8.52. The lowest BCUT2D eigenvalue weighted by atomic mass is 9.76. The van der Waals surface area contributed by atoms with E-state index in [0.717, 1.165) is 78.4 Å². The average Bonchev–Trinajstić information content (AvgIpc) is 3.55. The van der Waals surface area contributed by atoms with Crippen LogP contribution in [0.4, 0.5) is 0 Å². The monoisotopic (exact) mass is 690 g/mol. The number of fused-ring (bicyclic) bond motifs is 5. The summed E-state index contributed by atoms with van der Waals surface area (Å²) < 4.78 is 12.9. The van der Waals surface area contributed by atoms with Crippen LogP contribution in [0.5, 0.6) is 11.5 Å². The van der Waals surface area contributed by atoms with Crippen molar-refractivity contribution in [3.8, 4) is 33.8 Å². The number of pyridine rings is 2. The topological polar surface area (TPSA) is 68.3 Å². The first-order valence-corrected chi connectivity index (χ1v) is 18.2. The molecular formula is C44H39ClN4O2. The zero-order valence-corrected chi connectivity index (χ0v) is 29.1. The lowest BCUT2D eigenvalue weighted by Crippen LogP contribution is -2.46. The smallest absolute Gasteiger partial charge is 0.130 e. The molecule has 3 aliphatic heterocycles. The van der Waals surface area contributed by atoms with E-state index in [2.05, 4.69) is 75.2 Å². The second-order valence-corrected chi connectivity index (χ2v) is 14.3. The molecule has 3 aliphatic rings. The van der Waals surface area contributed by atoms with Crippen LogP contribution in [0.25, 0.3) is 22.3 Å². The molecule has 254 valence electrons. The molecule has 2 aromatic heterocycles. The van der Waals surface area contributed by atoms with Crippen molar-refractivity contribution in [3.63, 3.8) is 0 Å². The number of nitrogens with zero attached hydrogens (tertiary/aromatic N) is 2. The quantitative estimate of drug-likeness (QED) is 0.158. The number of benzene rings is 4. The third-order valence-electron chi connectivity index (χ3n) is 10.7. The van der Waals surface area contributed by atoms with Crippen LogP contribution in [0.1, 0.15) is 52.0 Å². The third-order valence-corrected chi connectivity index (χ3v) is 10.9. The molecule has 4 aromatic carbocycles. The lowest BCUT2D eigenvalue weighted by Gasteiger charge is -2.38. The summed E-state index contributed by atoms with van der Waals surface area (Å²) >= 11 is 6.61. The van der Waals surface area contributed by atoms with Crippen LogP contribution < -0.4 is 20.1 Å². The van der Waals surface area contributed by atoms with Crippen LogP contribution in [-0.4, -0.2) is 22.6 Å². The fraction of sp³-hybridized carbons (Fsp3) is 0.227. The highest BCUT2D eigenvalue weighted by molar-refractivity contribution is 6.31. The Hall–Kier alpha value is -5.01. The summed E-state index contributed by atoms with van der Waals surface area (Å²) in [7, 11) is 0. The van der Waals surface area contributed by atoms with Gasteiger partial charge in [0, 0.05) is 41.1 Å². The molecule has 7 heteroatoms. The standard InChI is InChI=1S/C44H39ClN4O2/c45-35-12-14-43(51-28-38-6-2-4-19-48-38)40(25-35)31-9-10-32-22-36-15-17-44(49-36,41(32)23-31)34-11-13-42(50-27-37-5-1-3-18-47-37)39(24-34)30-8-7-29-16-20-46-26-33(29)21-30/h1-14,18-19,21,23-25,36,46,49H,15-17,20,22,26-28H2. The maximum absolute atomic E-state index is 6.61.